The zero-order chi connectivity index (χ0) is 23.8. The molecule has 174 valence electrons. The molecule has 0 atom stereocenters. The van der Waals surface area contributed by atoms with Gasteiger partial charge in [-0.2, -0.15) is 0 Å². The van der Waals surface area contributed by atoms with Crippen LogP contribution < -0.4 is 0 Å². The van der Waals surface area contributed by atoms with E-state index in [1.54, 1.807) is 0 Å². The van der Waals surface area contributed by atoms with Crippen molar-refractivity contribution in [3.8, 4) is 23.7 Å². The van der Waals surface area contributed by atoms with Crippen LogP contribution in [0, 0.1) is 23.7 Å². The van der Waals surface area contributed by atoms with Gasteiger partial charge in [0.2, 0.25) is 0 Å². The van der Waals surface area contributed by atoms with Gasteiger partial charge in [-0.05, 0) is 78.9 Å². The van der Waals surface area contributed by atoms with E-state index in [0.717, 1.165) is 28.7 Å². The van der Waals surface area contributed by atoms with E-state index in [9.17, 15) is 0 Å². The Morgan fingerprint density at radius 3 is 1.18 bits per heavy atom. The maximum absolute atomic E-state index is 3.29. The Morgan fingerprint density at radius 2 is 0.765 bits per heavy atom. The normalized spacial score (nSPS) is 10.2. The molecular formula is C34H38. The first kappa shape index (κ1) is 25.4. The lowest BCUT2D eigenvalue weighted by atomic mass is 10.0. The lowest BCUT2D eigenvalue weighted by Gasteiger charge is -2.03. The molecule has 0 saturated heterocycles. The smallest absolute Gasteiger partial charge is 0.0249 e. The van der Waals surface area contributed by atoms with Crippen LogP contribution in [0.2, 0.25) is 0 Å². The molecule has 0 aliphatic heterocycles. The van der Waals surface area contributed by atoms with Gasteiger partial charge in [-0.1, -0.05) is 107 Å². The van der Waals surface area contributed by atoms with Crippen LogP contribution >= 0.6 is 0 Å². The number of rotatable bonds is 10. The molecule has 0 amide bonds. The maximum Gasteiger partial charge on any atom is 0.0249 e. The standard InChI is InChI=1S/C34H38/c1-3-5-6-7-8-9-10-11-12-30-17-19-32(20-18-30)23-24-34-27-25-33(26-28-34)22-21-31-15-13-29(4-2)14-16-31/h13-20,25-28H,3-12H2,1-2H3. The van der Waals surface area contributed by atoms with Crippen LogP contribution in [0.15, 0.2) is 72.8 Å². The fourth-order valence-corrected chi connectivity index (χ4v) is 3.97. The third kappa shape index (κ3) is 9.33. The molecule has 3 aromatic carbocycles. The minimum Gasteiger partial charge on any atom is -0.0654 e. The van der Waals surface area contributed by atoms with Gasteiger partial charge in [0, 0.05) is 22.3 Å². The monoisotopic (exact) mass is 446 g/mol. The van der Waals surface area contributed by atoms with Crippen LogP contribution in [0.3, 0.4) is 0 Å². The van der Waals surface area contributed by atoms with Crippen molar-refractivity contribution in [2.75, 3.05) is 0 Å². The van der Waals surface area contributed by atoms with Gasteiger partial charge in [-0.3, -0.25) is 0 Å². The highest BCUT2D eigenvalue weighted by molar-refractivity contribution is 5.48. The summed E-state index contributed by atoms with van der Waals surface area (Å²) >= 11 is 0. The van der Waals surface area contributed by atoms with E-state index >= 15 is 0 Å². The van der Waals surface area contributed by atoms with Crippen LogP contribution in [0.25, 0.3) is 0 Å². The van der Waals surface area contributed by atoms with Gasteiger partial charge >= 0.3 is 0 Å². The highest BCUT2D eigenvalue weighted by Gasteiger charge is 1.96. The molecule has 0 heteroatoms. The molecule has 0 aliphatic rings. The highest BCUT2D eigenvalue weighted by atomic mass is 14.0. The lowest BCUT2D eigenvalue weighted by Crippen LogP contribution is -1.87. The number of unbranched alkanes of at least 4 members (excludes halogenated alkanes) is 7. The summed E-state index contributed by atoms with van der Waals surface area (Å²) in [7, 11) is 0. The van der Waals surface area contributed by atoms with Crippen LogP contribution in [0.4, 0.5) is 0 Å². The second kappa shape index (κ2) is 14.8. The van der Waals surface area contributed by atoms with Gasteiger partial charge < -0.3 is 0 Å². The topological polar surface area (TPSA) is 0 Å². The molecule has 0 heterocycles. The SMILES string of the molecule is CCCCCCCCCCc1ccc(C#Cc2ccc(C#Cc3ccc(CC)cc3)cc2)cc1. The summed E-state index contributed by atoms with van der Waals surface area (Å²) in [5.41, 5.74) is 6.90. The third-order valence-corrected chi connectivity index (χ3v) is 6.22. The predicted octanol–water partition coefficient (Wildman–Crippen LogP) is 8.73. The van der Waals surface area contributed by atoms with Crippen LogP contribution in [0.5, 0.6) is 0 Å². The molecule has 0 aliphatic carbocycles. The minimum absolute atomic E-state index is 1.01. The van der Waals surface area contributed by atoms with E-state index in [0.29, 0.717) is 0 Å². The van der Waals surface area contributed by atoms with Gasteiger partial charge in [0.15, 0.2) is 0 Å². The molecule has 0 nitrogen and oxygen atoms in total. The van der Waals surface area contributed by atoms with Crippen molar-refractivity contribution < 1.29 is 0 Å². The number of hydrogen-bond acceptors (Lipinski definition) is 0. The molecule has 0 N–H and O–H groups in total. The van der Waals surface area contributed by atoms with Crippen molar-refractivity contribution in [2.45, 2.75) is 78.1 Å². The molecule has 3 rings (SSSR count). The van der Waals surface area contributed by atoms with E-state index < -0.39 is 0 Å². The molecule has 0 unspecified atom stereocenters. The summed E-state index contributed by atoms with van der Waals surface area (Å²) in [6.07, 6.45) is 13.2. The average Bonchev–Trinajstić information content (AvgIpc) is 2.89. The second-order valence-electron chi connectivity index (χ2n) is 9.05. The van der Waals surface area contributed by atoms with Crippen molar-refractivity contribution in [3.05, 3.63) is 106 Å². The van der Waals surface area contributed by atoms with Gasteiger partial charge in [0.05, 0.1) is 0 Å². The molecule has 0 radical (unpaired) electrons. The van der Waals surface area contributed by atoms with Crippen LogP contribution in [-0.2, 0) is 12.8 Å². The van der Waals surface area contributed by atoms with Crippen molar-refractivity contribution >= 4 is 0 Å². The Hall–Kier alpha value is -3.22. The molecule has 0 saturated carbocycles. The van der Waals surface area contributed by atoms with Crippen LogP contribution in [-0.4, -0.2) is 0 Å². The van der Waals surface area contributed by atoms with Gasteiger partial charge in [0.25, 0.3) is 0 Å². The number of hydrogen-bond donors (Lipinski definition) is 0. The highest BCUT2D eigenvalue weighted by Crippen LogP contribution is 2.12. The van der Waals surface area contributed by atoms with Crippen LogP contribution in [0.1, 0.15) is 98.6 Å². The van der Waals surface area contributed by atoms with Gasteiger partial charge in [-0.15, -0.1) is 0 Å². The van der Waals surface area contributed by atoms with Gasteiger partial charge in [-0.25, -0.2) is 0 Å². The minimum atomic E-state index is 1.01. The second-order valence-corrected chi connectivity index (χ2v) is 9.05. The first-order valence-electron chi connectivity index (χ1n) is 13.1. The summed E-state index contributed by atoms with van der Waals surface area (Å²) in [4.78, 5) is 0. The Morgan fingerprint density at radius 1 is 0.412 bits per heavy atom. The summed E-state index contributed by atoms with van der Waals surface area (Å²) < 4.78 is 0. The third-order valence-electron chi connectivity index (χ3n) is 6.22. The predicted molar refractivity (Wildman–Crippen MR) is 147 cm³/mol. The average molecular weight is 447 g/mol. The largest absolute Gasteiger partial charge is 0.0654 e. The van der Waals surface area contributed by atoms with E-state index in [-0.39, 0.29) is 0 Å². The van der Waals surface area contributed by atoms with Crippen molar-refractivity contribution in [1.29, 1.82) is 0 Å². The lowest BCUT2D eigenvalue weighted by molar-refractivity contribution is 0.575. The zero-order valence-corrected chi connectivity index (χ0v) is 21.0. The van der Waals surface area contributed by atoms with Crippen molar-refractivity contribution in [3.63, 3.8) is 0 Å². The van der Waals surface area contributed by atoms with Gasteiger partial charge in [0.1, 0.15) is 0 Å². The van der Waals surface area contributed by atoms with E-state index in [4.69, 9.17) is 0 Å². The van der Waals surface area contributed by atoms with E-state index in [1.807, 2.05) is 24.3 Å². The molecule has 34 heavy (non-hydrogen) atoms. The first-order chi connectivity index (χ1) is 16.8. The Kier molecular flexibility index (Phi) is 11.1. The number of aryl methyl sites for hydroxylation is 2. The van der Waals surface area contributed by atoms with E-state index in [2.05, 4.69) is 86.1 Å². The van der Waals surface area contributed by atoms with Crippen molar-refractivity contribution in [2.24, 2.45) is 0 Å². The molecule has 3 aromatic rings. The summed E-state index contributed by atoms with van der Waals surface area (Å²) in [6, 6.07) is 25.4. The molecule has 0 bridgehead atoms. The quantitative estimate of drug-likeness (QED) is 0.216. The van der Waals surface area contributed by atoms with E-state index in [1.165, 1.54) is 68.9 Å². The molecule has 0 fully saturated rings. The maximum atomic E-state index is 3.29. The Bertz CT molecular complexity index is 1090. The number of benzene rings is 3. The fraction of sp³-hybridized carbons (Fsp3) is 0.353. The Labute approximate surface area is 207 Å². The fourth-order valence-electron chi connectivity index (χ4n) is 3.97. The molecule has 0 spiro atoms. The first-order valence-corrected chi connectivity index (χ1v) is 13.1. The summed E-state index contributed by atoms with van der Waals surface area (Å²) in [5.74, 6) is 13.1. The summed E-state index contributed by atoms with van der Waals surface area (Å²) in [5, 5.41) is 0. The zero-order valence-electron chi connectivity index (χ0n) is 21.0. The molecule has 0 aromatic heterocycles. The summed E-state index contributed by atoms with van der Waals surface area (Å²) in [6.45, 7) is 4.44. The van der Waals surface area contributed by atoms with Crippen molar-refractivity contribution in [1.82, 2.24) is 0 Å². The Balaban J connectivity index is 1.44. The molecular weight excluding hydrogens is 408 g/mol.